The van der Waals surface area contributed by atoms with Crippen molar-refractivity contribution in [1.29, 1.82) is 0 Å². The van der Waals surface area contributed by atoms with Crippen LogP contribution >= 0.6 is 12.8 Å². The zero-order chi connectivity index (χ0) is 5.86. The topological polar surface area (TPSA) is 38.4 Å². The Kier molecular flexibility index (Phi) is 2.83. The SMILES string of the molecule is CC(C)C(N)=NS. The van der Waals surface area contributed by atoms with Crippen LogP contribution in [0.2, 0.25) is 0 Å². The van der Waals surface area contributed by atoms with Gasteiger partial charge in [0.2, 0.25) is 0 Å². The molecule has 0 bridgehead atoms. The minimum Gasteiger partial charge on any atom is -0.386 e. The molecule has 0 fully saturated rings. The Morgan fingerprint density at radius 3 is 2.14 bits per heavy atom. The van der Waals surface area contributed by atoms with Crippen LogP contribution in [-0.4, -0.2) is 5.84 Å². The predicted octanol–water partition coefficient (Wildman–Crippen LogP) is 0.844. The van der Waals surface area contributed by atoms with Gasteiger partial charge in [-0.25, -0.2) is 4.40 Å². The summed E-state index contributed by atoms with van der Waals surface area (Å²) in [7, 11) is 0. The second kappa shape index (κ2) is 2.91. The van der Waals surface area contributed by atoms with Crippen molar-refractivity contribution in [2.24, 2.45) is 16.0 Å². The van der Waals surface area contributed by atoms with Crippen molar-refractivity contribution in [2.75, 3.05) is 0 Å². The van der Waals surface area contributed by atoms with Gasteiger partial charge in [0.25, 0.3) is 0 Å². The highest BCUT2D eigenvalue weighted by Crippen LogP contribution is 1.91. The van der Waals surface area contributed by atoms with Crippen LogP contribution in [0.15, 0.2) is 4.40 Å². The molecule has 0 aromatic rings. The van der Waals surface area contributed by atoms with Gasteiger partial charge in [-0.1, -0.05) is 13.8 Å². The van der Waals surface area contributed by atoms with Crippen molar-refractivity contribution in [3.05, 3.63) is 0 Å². The van der Waals surface area contributed by atoms with E-state index < -0.39 is 0 Å². The molecular formula is C4H10N2S. The molecule has 0 heterocycles. The lowest BCUT2D eigenvalue weighted by molar-refractivity contribution is 0.877. The van der Waals surface area contributed by atoms with E-state index in [1.807, 2.05) is 13.8 Å². The van der Waals surface area contributed by atoms with Crippen LogP contribution in [0.4, 0.5) is 0 Å². The average molecular weight is 118 g/mol. The molecule has 0 atom stereocenters. The van der Waals surface area contributed by atoms with Crippen LogP contribution < -0.4 is 5.73 Å². The molecule has 0 aliphatic rings. The lowest BCUT2D eigenvalue weighted by Crippen LogP contribution is -2.17. The lowest BCUT2D eigenvalue weighted by atomic mass is 10.2. The maximum atomic E-state index is 5.29. The van der Waals surface area contributed by atoms with E-state index >= 15 is 0 Å². The van der Waals surface area contributed by atoms with Crippen LogP contribution in [0.5, 0.6) is 0 Å². The first-order chi connectivity index (χ1) is 3.18. The van der Waals surface area contributed by atoms with E-state index in [2.05, 4.69) is 17.2 Å². The Bertz CT molecular complexity index is 77.8. The Hall–Kier alpha value is -0.180. The second-order valence-electron chi connectivity index (χ2n) is 1.68. The highest BCUT2D eigenvalue weighted by Gasteiger charge is 1.94. The molecule has 2 N–H and O–H groups in total. The van der Waals surface area contributed by atoms with Crippen molar-refractivity contribution >= 4 is 18.7 Å². The molecule has 0 spiro atoms. The van der Waals surface area contributed by atoms with Crippen molar-refractivity contribution in [3.8, 4) is 0 Å². The standard InChI is InChI=1S/C4H10N2S/c1-3(2)4(5)6-7/h3,7H,1-2H3,(H2,5,6). The number of thiol groups is 1. The zero-order valence-corrected chi connectivity index (χ0v) is 5.44. The smallest absolute Gasteiger partial charge is 0.110 e. The number of nitrogens with zero attached hydrogens (tertiary/aromatic N) is 1. The molecule has 0 aromatic heterocycles. The summed E-state index contributed by atoms with van der Waals surface area (Å²) in [5, 5.41) is 0. The molecule has 0 aliphatic heterocycles. The van der Waals surface area contributed by atoms with Gasteiger partial charge in [-0.3, -0.25) is 0 Å². The summed E-state index contributed by atoms with van der Waals surface area (Å²) >= 11 is 3.62. The monoisotopic (exact) mass is 118 g/mol. The van der Waals surface area contributed by atoms with E-state index in [-0.39, 0.29) is 0 Å². The summed E-state index contributed by atoms with van der Waals surface area (Å²) in [5.74, 6) is 0.904. The number of hydrogen-bond donors (Lipinski definition) is 2. The summed E-state index contributed by atoms with van der Waals surface area (Å²) in [5.41, 5.74) is 5.29. The molecule has 0 rings (SSSR count). The molecule has 0 amide bonds. The van der Waals surface area contributed by atoms with Gasteiger partial charge in [0.1, 0.15) is 5.84 Å². The first-order valence-corrected chi connectivity index (χ1v) is 2.56. The minimum absolute atomic E-state index is 0.317. The van der Waals surface area contributed by atoms with Gasteiger partial charge in [-0.15, -0.1) is 0 Å². The summed E-state index contributed by atoms with van der Waals surface area (Å²) in [6.45, 7) is 3.93. The molecule has 0 saturated heterocycles. The third-order valence-electron chi connectivity index (χ3n) is 0.707. The summed E-state index contributed by atoms with van der Waals surface area (Å²) < 4.78 is 3.48. The first kappa shape index (κ1) is 6.82. The van der Waals surface area contributed by atoms with E-state index in [1.54, 1.807) is 0 Å². The van der Waals surface area contributed by atoms with Gasteiger partial charge in [-0.2, -0.15) is 0 Å². The van der Waals surface area contributed by atoms with Gasteiger partial charge in [0, 0.05) is 5.92 Å². The largest absolute Gasteiger partial charge is 0.386 e. The predicted molar refractivity (Wildman–Crippen MR) is 35.4 cm³/mol. The normalized spacial score (nSPS) is 12.9. The quantitative estimate of drug-likeness (QED) is 0.299. The van der Waals surface area contributed by atoms with Crippen LogP contribution in [0.1, 0.15) is 13.8 Å². The Balaban J connectivity index is 3.56. The van der Waals surface area contributed by atoms with Crippen molar-refractivity contribution in [2.45, 2.75) is 13.8 Å². The van der Waals surface area contributed by atoms with Crippen molar-refractivity contribution < 1.29 is 0 Å². The third kappa shape index (κ3) is 2.51. The average Bonchev–Trinajstić information content (AvgIpc) is 1.65. The maximum Gasteiger partial charge on any atom is 0.110 e. The zero-order valence-electron chi connectivity index (χ0n) is 4.55. The molecule has 2 nitrogen and oxygen atoms in total. The van der Waals surface area contributed by atoms with E-state index in [1.165, 1.54) is 0 Å². The van der Waals surface area contributed by atoms with Gasteiger partial charge >= 0.3 is 0 Å². The maximum absolute atomic E-state index is 5.29. The minimum atomic E-state index is 0.317. The van der Waals surface area contributed by atoms with Gasteiger partial charge in [0.15, 0.2) is 0 Å². The molecule has 0 aliphatic carbocycles. The van der Waals surface area contributed by atoms with Gasteiger partial charge < -0.3 is 5.73 Å². The molecule has 0 aromatic carbocycles. The number of hydrogen-bond acceptors (Lipinski definition) is 2. The molecule has 0 unspecified atom stereocenters. The van der Waals surface area contributed by atoms with Gasteiger partial charge in [-0.05, 0) is 12.8 Å². The number of amidine groups is 1. The van der Waals surface area contributed by atoms with Crippen LogP contribution in [0, 0.1) is 5.92 Å². The fourth-order valence-electron chi connectivity index (χ4n) is 0.115. The molecular weight excluding hydrogens is 108 g/mol. The molecule has 7 heavy (non-hydrogen) atoms. The lowest BCUT2D eigenvalue weighted by Gasteiger charge is -1.97. The fraction of sp³-hybridized carbons (Fsp3) is 0.750. The third-order valence-corrected chi connectivity index (χ3v) is 0.938. The Labute approximate surface area is 49.4 Å². The van der Waals surface area contributed by atoms with Crippen LogP contribution in [0.3, 0.4) is 0 Å². The summed E-state index contributed by atoms with van der Waals surface area (Å²) in [4.78, 5) is 0. The highest BCUT2D eigenvalue weighted by atomic mass is 32.1. The molecule has 3 heteroatoms. The van der Waals surface area contributed by atoms with Crippen molar-refractivity contribution in [1.82, 2.24) is 0 Å². The Morgan fingerprint density at radius 1 is 1.71 bits per heavy atom. The number of rotatable bonds is 1. The molecule has 42 valence electrons. The summed E-state index contributed by atoms with van der Waals surface area (Å²) in [6, 6.07) is 0. The van der Waals surface area contributed by atoms with E-state index in [4.69, 9.17) is 5.73 Å². The van der Waals surface area contributed by atoms with Gasteiger partial charge in [0.05, 0.1) is 0 Å². The molecule has 0 saturated carbocycles. The molecule has 0 radical (unpaired) electrons. The summed E-state index contributed by atoms with van der Waals surface area (Å²) in [6.07, 6.45) is 0. The first-order valence-electron chi connectivity index (χ1n) is 2.16. The second-order valence-corrected chi connectivity index (χ2v) is 1.88. The highest BCUT2D eigenvalue weighted by molar-refractivity contribution is 7.79. The van der Waals surface area contributed by atoms with E-state index in [0.29, 0.717) is 11.8 Å². The van der Waals surface area contributed by atoms with E-state index in [9.17, 15) is 0 Å². The fourth-order valence-corrected chi connectivity index (χ4v) is 0.346. The van der Waals surface area contributed by atoms with Crippen molar-refractivity contribution in [3.63, 3.8) is 0 Å². The Morgan fingerprint density at radius 2 is 2.14 bits per heavy atom. The van der Waals surface area contributed by atoms with Crippen LogP contribution in [-0.2, 0) is 0 Å². The van der Waals surface area contributed by atoms with Crippen LogP contribution in [0.25, 0.3) is 0 Å². The van der Waals surface area contributed by atoms with E-state index in [0.717, 1.165) is 0 Å². The number of nitrogens with two attached hydrogens (primary N) is 1.